The van der Waals surface area contributed by atoms with Gasteiger partial charge in [0.1, 0.15) is 0 Å². The van der Waals surface area contributed by atoms with E-state index in [9.17, 15) is 4.21 Å². The third kappa shape index (κ3) is 9.58. The molecule has 0 radical (unpaired) electrons. The number of nitrogens with zero attached hydrogens (tertiary/aromatic N) is 1. The van der Waals surface area contributed by atoms with E-state index in [1.807, 2.05) is 0 Å². The molecule has 5 nitrogen and oxygen atoms in total. The fraction of sp³-hybridized carbons (Fsp3) is 1.00. The van der Waals surface area contributed by atoms with E-state index in [1.165, 1.54) is 0 Å². The van der Waals surface area contributed by atoms with Gasteiger partial charge < -0.3 is 14.6 Å². The van der Waals surface area contributed by atoms with Gasteiger partial charge in [-0.3, -0.25) is 9.11 Å². The van der Waals surface area contributed by atoms with Gasteiger partial charge in [-0.05, 0) is 32.6 Å². The largest absolute Gasteiger partial charge is 0.395 e. The number of β-amino-alcohol motifs (C(OH)–C–C–N with tert-alkyl or cyclic N) is 1. The predicted molar refractivity (Wildman–Crippen MR) is 86.0 cm³/mol. The smallest absolute Gasteiger partial charge is 0.0594 e. The second-order valence-electron chi connectivity index (χ2n) is 5.85. The average molecular weight is 321 g/mol. The molecule has 0 aromatic carbocycles. The van der Waals surface area contributed by atoms with Crippen molar-refractivity contribution in [1.29, 1.82) is 0 Å². The number of ether oxygens (including phenoxy) is 2. The van der Waals surface area contributed by atoms with Crippen LogP contribution < -0.4 is 0 Å². The molecule has 2 rings (SSSR count). The first kappa shape index (κ1) is 19.0. The normalized spacial score (nSPS) is 27.2. The van der Waals surface area contributed by atoms with Gasteiger partial charge in [0.05, 0.1) is 25.9 Å². The van der Waals surface area contributed by atoms with Gasteiger partial charge in [-0.1, -0.05) is 0 Å². The van der Waals surface area contributed by atoms with Crippen LogP contribution in [0.3, 0.4) is 0 Å². The zero-order valence-electron chi connectivity index (χ0n) is 13.5. The Kier molecular flexibility index (Phi) is 10.5. The highest BCUT2D eigenvalue weighted by atomic mass is 32.2. The molecular weight excluding hydrogens is 290 g/mol. The van der Waals surface area contributed by atoms with Gasteiger partial charge in [-0.2, -0.15) is 0 Å². The Morgan fingerprint density at radius 3 is 2.43 bits per heavy atom. The summed E-state index contributed by atoms with van der Waals surface area (Å²) in [4.78, 5) is 2.20. The van der Waals surface area contributed by atoms with E-state index in [0.717, 1.165) is 63.8 Å². The lowest BCUT2D eigenvalue weighted by atomic mass is 10.0. The van der Waals surface area contributed by atoms with E-state index in [-0.39, 0.29) is 6.61 Å². The molecule has 0 amide bonds. The van der Waals surface area contributed by atoms with Gasteiger partial charge in [-0.15, -0.1) is 0 Å². The van der Waals surface area contributed by atoms with E-state index in [0.29, 0.717) is 12.0 Å². The molecule has 2 saturated heterocycles. The van der Waals surface area contributed by atoms with Crippen LogP contribution in [0.1, 0.15) is 26.7 Å². The molecule has 2 aliphatic rings. The van der Waals surface area contributed by atoms with Crippen LogP contribution in [0, 0.1) is 5.92 Å². The second kappa shape index (κ2) is 11.5. The molecule has 0 unspecified atom stereocenters. The minimum atomic E-state index is -0.531. The van der Waals surface area contributed by atoms with Crippen molar-refractivity contribution in [2.24, 2.45) is 5.92 Å². The molecule has 21 heavy (non-hydrogen) atoms. The van der Waals surface area contributed by atoms with Crippen LogP contribution in [0.4, 0.5) is 0 Å². The minimum absolute atomic E-state index is 0.264. The van der Waals surface area contributed by atoms with Gasteiger partial charge in [0.25, 0.3) is 0 Å². The van der Waals surface area contributed by atoms with Crippen LogP contribution in [0.5, 0.6) is 0 Å². The highest BCUT2D eigenvalue weighted by Gasteiger charge is 2.17. The van der Waals surface area contributed by atoms with Crippen molar-refractivity contribution >= 4 is 10.8 Å². The fourth-order valence-corrected chi connectivity index (χ4v) is 3.70. The van der Waals surface area contributed by atoms with E-state index >= 15 is 0 Å². The molecular formula is C15H31NO4S. The van der Waals surface area contributed by atoms with E-state index in [1.54, 1.807) is 0 Å². The van der Waals surface area contributed by atoms with Crippen LogP contribution >= 0.6 is 0 Å². The van der Waals surface area contributed by atoms with Crippen LogP contribution in [0.25, 0.3) is 0 Å². The van der Waals surface area contributed by atoms with Crippen LogP contribution in [-0.2, 0) is 20.3 Å². The number of hydrogen-bond acceptors (Lipinski definition) is 5. The molecule has 2 aliphatic heterocycles. The molecule has 0 aromatic heterocycles. The molecule has 6 heteroatoms. The van der Waals surface area contributed by atoms with Crippen LogP contribution in [0.2, 0.25) is 0 Å². The molecule has 0 aliphatic carbocycles. The summed E-state index contributed by atoms with van der Waals surface area (Å²) < 4.78 is 21.7. The summed E-state index contributed by atoms with van der Waals surface area (Å²) in [6, 6.07) is 0. The highest BCUT2D eigenvalue weighted by molar-refractivity contribution is 7.85. The zero-order chi connectivity index (χ0) is 15.5. The third-order valence-electron chi connectivity index (χ3n) is 3.69. The number of hydrogen-bond donors (Lipinski definition) is 1. The van der Waals surface area contributed by atoms with Gasteiger partial charge in [0.2, 0.25) is 0 Å². The van der Waals surface area contributed by atoms with Crippen molar-refractivity contribution in [1.82, 2.24) is 4.90 Å². The number of morpholine rings is 1. The van der Waals surface area contributed by atoms with Gasteiger partial charge in [0, 0.05) is 48.5 Å². The summed E-state index contributed by atoms with van der Waals surface area (Å²) in [5, 5.41) is 8.54. The topological polar surface area (TPSA) is 59.0 Å². The minimum Gasteiger partial charge on any atom is -0.395 e. The Morgan fingerprint density at radius 2 is 1.90 bits per heavy atom. The molecule has 0 atom stereocenters. The number of rotatable bonds is 5. The van der Waals surface area contributed by atoms with E-state index in [2.05, 4.69) is 18.7 Å². The Labute approximate surface area is 131 Å². The van der Waals surface area contributed by atoms with Crippen LogP contribution in [-0.4, -0.2) is 77.9 Å². The molecule has 0 spiro atoms. The molecule has 0 aromatic rings. The van der Waals surface area contributed by atoms with E-state index in [4.69, 9.17) is 14.6 Å². The lowest BCUT2D eigenvalue weighted by Gasteiger charge is -2.25. The Hall–Kier alpha value is -0.0100. The lowest BCUT2D eigenvalue weighted by molar-refractivity contribution is 0.0306. The van der Waals surface area contributed by atoms with Crippen molar-refractivity contribution < 1.29 is 18.8 Å². The number of aliphatic hydroxyl groups excluding tert-OH is 1. The SMILES string of the molecule is CC(C)OCC1CCS(=O)CC1.OCCN1CCOCC1. The summed E-state index contributed by atoms with van der Waals surface area (Å²) in [5.41, 5.74) is 0. The van der Waals surface area contributed by atoms with E-state index < -0.39 is 10.8 Å². The monoisotopic (exact) mass is 321 g/mol. The van der Waals surface area contributed by atoms with Crippen molar-refractivity contribution in [2.75, 3.05) is 57.6 Å². The fourth-order valence-electron chi connectivity index (χ4n) is 2.30. The van der Waals surface area contributed by atoms with Crippen molar-refractivity contribution in [3.8, 4) is 0 Å². The van der Waals surface area contributed by atoms with Crippen LogP contribution in [0.15, 0.2) is 0 Å². The molecule has 1 N–H and O–H groups in total. The summed E-state index contributed by atoms with van der Waals surface area (Å²) in [6.07, 6.45) is 2.50. The summed E-state index contributed by atoms with van der Waals surface area (Å²) >= 11 is 0. The lowest BCUT2D eigenvalue weighted by Crippen LogP contribution is -2.37. The summed E-state index contributed by atoms with van der Waals surface area (Å²) in [5.74, 6) is 2.42. The quantitative estimate of drug-likeness (QED) is 0.815. The maximum absolute atomic E-state index is 11.0. The Bertz CT molecular complexity index is 270. The van der Waals surface area contributed by atoms with Crippen molar-refractivity contribution in [2.45, 2.75) is 32.8 Å². The first-order valence-electron chi connectivity index (χ1n) is 7.99. The maximum Gasteiger partial charge on any atom is 0.0594 e. The maximum atomic E-state index is 11.0. The predicted octanol–water partition coefficient (Wildman–Crippen LogP) is 0.881. The molecule has 2 heterocycles. The standard InChI is InChI=1S/C9H18O2S.C6H13NO2/c1-8(2)11-7-9-3-5-12(10)6-4-9;8-4-1-7-2-5-9-6-3-7/h8-9H,3-7H2,1-2H3;8H,1-6H2. The zero-order valence-corrected chi connectivity index (χ0v) is 14.3. The van der Waals surface area contributed by atoms with Crippen molar-refractivity contribution in [3.63, 3.8) is 0 Å². The Morgan fingerprint density at radius 1 is 1.29 bits per heavy atom. The van der Waals surface area contributed by atoms with Crippen molar-refractivity contribution in [3.05, 3.63) is 0 Å². The first-order chi connectivity index (χ1) is 10.1. The highest BCUT2D eigenvalue weighted by Crippen LogP contribution is 2.17. The second-order valence-corrected chi connectivity index (χ2v) is 7.55. The first-order valence-corrected chi connectivity index (χ1v) is 9.48. The molecule has 126 valence electrons. The van der Waals surface area contributed by atoms with Gasteiger partial charge in [-0.25, -0.2) is 0 Å². The summed E-state index contributed by atoms with van der Waals surface area (Å²) in [6.45, 7) is 9.61. The average Bonchev–Trinajstić information content (AvgIpc) is 2.49. The number of aliphatic hydroxyl groups is 1. The third-order valence-corrected chi connectivity index (χ3v) is 5.07. The summed E-state index contributed by atoms with van der Waals surface area (Å²) in [7, 11) is -0.531. The molecule has 0 saturated carbocycles. The molecule has 0 bridgehead atoms. The molecule has 2 fully saturated rings. The Balaban J connectivity index is 0.000000219. The van der Waals surface area contributed by atoms with Gasteiger partial charge in [0.15, 0.2) is 0 Å². The van der Waals surface area contributed by atoms with Gasteiger partial charge >= 0.3 is 0 Å².